The Morgan fingerprint density at radius 1 is 1.09 bits per heavy atom. The van der Waals surface area contributed by atoms with Gasteiger partial charge >= 0.3 is 0 Å². The monoisotopic (exact) mass is 452 g/mol. The van der Waals surface area contributed by atoms with Crippen LogP contribution in [-0.2, 0) is 11.3 Å². The molecule has 2 N–H and O–H groups in total. The maximum Gasteiger partial charge on any atom is 0.156 e. The molecule has 33 heavy (non-hydrogen) atoms. The van der Waals surface area contributed by atoms with E-state index in [0.717, 1.165) is 32.1 Å². The van der Waals surface area contributed by atoms with Gasteiger partial charge in [-0.05, 0) is 92.3 Å². The summed E-state index contributed by atoms with van der Waals surface area (Å²) in [6.07, 6.45) is 15.4. The van der Waals surface area contributed by atoms with Gasteiger partial charge in [-0.1, -0.05) is 25.7 Å². The van der Waals surface area contributed by atoms with Gasteiger partial charge in [-0.15, -0.1) is 0 Å². The lowest BCUT2D eigenvalue weighted by Gasteiger charge is -2.61. The third kappa shape index (κ3) is 3.88. The second-order valence-electron chi connectivity index (χ2n) is 12.0. The highest BCUT2D eigenvalue weighted by Gasteiger charge is 2.62. The molecule has 1 aromatic heterocycles. The van der Waals surface area contributed by atoms with Gasteiger partial charge in [-0.2, -0.15) is 0 Å². The average molecular weight is 453 g/mol. The number of rotatable bonds is 4. The van der Waals surface area contributed by atoms with Gasteiger partial charge in [0.15, 0.2) is 5.78 Å². The van der Waals surface area contributed by atoms with Crippen LogP contribution in [0.4, 0.5) is 0 Å². The largest absolute Gasteiger partial charge is 0.395 e. The fraction of sp³-hybridized carbons (Fsp3) is 0.786. The number of fused-ring (bicyclic) bond motifs is 5. The lowest BCUT2D eigenvalue weighted by Crippen LogP contribution is -2.56. The smallest absolute Gasteiger partial charge is 0.156 e. The number of ketones is 1. The Morgan fingerprint density at radius 2 is 1.91 bits per heavy atom. The molecule has 4 aliphatic rings. The molecule has 8 atom stereocenters. The van der Waals surface area contributed by atoms with Crippen LogP contribution in [0.3, 0.4) is 0 Å². The van der Waals surface area contributed by atoms with E-state index < -0.39 is 5.60 Å². The topological polar surface area (TPSA) is 75.3 Å². The SMILES string of the molecule is C[C@]12CC[C@](O)(C#CCCO)C[C@H]1CC[C@@H]1[C@@H]2CC[C@]2(C)[C@@H](C(=O)Cn3ccnc3)CC[C@@H]12. The van der Waals surface area contributed by atoms with Crippen LogP contribution in [0.15, 0.2) is 18.7 Å². The zero-order chi connectivity index (χ0) is 23.3. The fourth-order valence-corrected chi connectivity index (χ4v) is 8.84. The first kappa shape index (κ1) is 23.1. The Labute approximate surface area is 198 Å². The van der Waals surface area contributed by atoms with Crippen molar-refractivity contribution in [3.8, 4) is 11.8 Å². The fourth-order valence-electron chi connectivity index (χ4n) is 8.84. The quantitative estimate of drug-likeness (QED) is 0.671. The van der Waals surface area contributed by atoms with Gasteiger partial charge in [0.05, 0.1) is 19.5 Å². The maximum atomic E-state index is 13.3. The van der Waals surface area contributed by atoms with Crippen molar-refractivity contribution in [2.24, 2.45) is 40.4 Å². The summed E-state index contributed by atoms with van der Waals surface area (Å²) in [7, 11) is 0. The minimum Gasteiger partial charge on any atom is -0.395 e. The molecule has 0 aliphatic heterocycles. The van der Waals surface area contributed by atoms with Crippen LogP contribution in [0.25, 0.3) is 0 Å². The van der Waals surface area contributed by atoms with Gasteiger partial charge in [-0.3, -0.25) is 4.79 Å². The normalized spacial score (nSPS) is 44.2. The summed E-state index contributed by atoms with van der Waals surface area (Å²) in [5, 5.41) is 20.2. The van der Waals surface area contributed by atoms with Crippen molar-refractivity contribution in [3.05, 3.63) is 18.7 Å². The minimum atomic E-state index is -0.881. The third-order valence-electron chi connectivity index (χ3n) is 10.6. The Balaban J connectivity index is 1.31. The molecular formula is C28H40N2O3. The van der Waals surface area contributed by atoms with Crippen molar-refractivity contribution in [1.82, 2.24) is 9.55 Å². The van der Waals surface area contributed by atoms with Crippen LogP contribution in [0.2, 0.25) is 0 Å². The standard InChI is InChI=1S/C28H40N2O3/c1-26-12-13-28(33,10-3-4-16-31)17-20(26)5-6-21-22-7-8-24(27(22,2)11-9-23(21)26)25(32)18-30-15-14-29-19-30/h14-15,19-24,31,33H,4-9,11-13,16-18H2,1-2H3/t20-,21+,22+,23+,24-,26+,27+,28-/m1/s1. The van der Waals surface area contributed by atoms with Crippen molar-refractivity contribution in [1.29, 1.82) is 0 Å². The van der Waals surface area contributed by atoms with Crippen LogP contribution in [0.1, 0.15) is 78.1 Å². The molecule has 0 amide bonds. The highest BCUT2D eigenvalue weighted by Crippen LogP contribution is 2.68. The average Bonchev–Trinajstić information content (AvgIpc) is 3.41. The predicted molar refractivity (Wildman–Crippen MR) is 127 cm³/mol. The maximum absolute atomic E-state index is 13.3. The van der Waals surface area contributed by atoms with Gasteiger partial charge in [0.2, 0.25) is 0 Å². The molecule has 4 fully saturated rings. The van der Waals surface area contributed by atoms with Crippen LogP contribution in [0, 0.1) is 52.3 Å². The second kappa shape index (κ2) is 8.54. The predicted octanol–water partition coefficient (Wildman–Crippen LogP) is 4.23. The molecule has 1 heterocycles. The number of aromatic nitrogens is 2. The summed E-state index contributed by atoms with van der Waals surface area (Å²) >= 11 is 0. The molecule has 5 rings (SSSR count). The highest BCUT2D eigenvalue weighted by atomic mass is 16.3. The summed E-state index contributed by atoms with van der Waals surface area (Å²) in [5.41, 5.74) is -0.477. The zero-order valence-electron chi connectivity index (χ0n) is 20.3. The molecule has 0 unspecified atom stereocenters. The van der Waals surface area contributed by atoms with Crippen molar-refractivity contribution in [2.45, 2.75) is 90.2 Å². The number of hydrogen-bond donors (Lipinski definition) is 2. The number of aliphatic hydroxyl groups excluding tert-OH is 1. The molecular weight excluding hydrogens is 412 g/mol. The molecule has 0 saturated heterocycles. The molecule has 5 heteroatoms. The Kier molecular flexibility index (Phi) is 5.98. The Morgan fingerprint density at radius 3 is 2.67 bits per heavy atom. The summed E-state index contributed by atoms with van der Waals surface area (Å²) in [4.78, 5) is 17.4. The van der Waals surface area contributed by atoms with Gasteiger partial charge in [0.25, 0.3) is 0 Å². The van der Waals surface area contributed by atoms with Crippen LogP contribution < -0.4 is 0 Å². The minimum absolute atomic E-state index is 0.0555. The first-order chi connectivity index (χ1) is 15.8. The van der Waals surface area contributed by atoms with Crippen molar-refractivity contribution < 1.29 is 15.0 Å². The van der Waals surface area contributed by atoms with E-state index in [1.165, 1.54) is 25.7 Å². The van der Waals surface area contributed by atoms with E-state index in [2.05, 4.69) is 30.7 Å². The van der Waals surface area contributed by atoms with E-state index in [4.69, 9.17) is 5.11 Å². The van der Waals surface area contributed by atoms with E-state index in [1.807, 2.05) is 10.8 Å². The second-order valence-corrected chi connectivity index (χ2v) is 12.0. The summed E-state index contributed by atoms with van der Waals surface area (Å²) in [6.45, 7) is 5.42. The van der Waals surface area contributed by atoms with Crippen LogP contribution in [0.5, 0.6) is 0 Å². The zero-order valence-corrected chi connectivity index (χ0v) is 20.3. The number of aliphatic hydroxyl groups is 2. The lowest BCUT2D eigenvalue weighted by molar-refractivity contribution is -0.145. The van der Waals surface area contributed by atoms with Crippen molar-refractivity contribution in [3.63, 3.8) is 0 Å². The van der Waals surface area contributed by atoms with E-state index >= 15 is 0 Å². The number of carbonyl (C=O) groups excluding carboxylic acids is 1. The Bertz CT molecular complexity index is 933. The van der Waals surface area contributed by atoms with Gasteiger partial charge < -0.3 is 14.8 Å². The van der Waals surface area contributed by atoms with Gasteiger partial charge in [0, 0.05) is 24.7 Å². The molecule has 5 nitrogen and oxygen atoms in total. The number of imidazole rings is 1. The van der Waals surface area contributed by atoms with E-state index in [9.17, 15) is 9.90 Å². The van der Waals surface area contributed by atoms with Crippen molar-refractivity contribution >= 4 is 5.78 Å². The first-order valence-corrected chi connectivity index (χ1v) is 13.1. The Hall–Kier alpha value is -1.64. The molecule has 0 aromatic carbocycles. The van der Waals surface area contributed by atoms with Gasteiger partial charge in [0.1, 0.15) is 5.60 Å². The molecule has 0 radical (unpaired) electrons. The van der Waals surface area contributed by atoms with Gasteiger partial charge in [-0.25, -0.2) is 4.98 Å². The van der Waals surface area contributed by atoms with E-state index in [-0.39, 0.29) is 23.4 Å². The summed E-state index contributed by atoms with van der Waals surface area (Å²) in [6, 6.07) is 0. The van der Waals surface area contributed by atoms with Crippen LogP contribution in [-0.4, -0.2) is 37.8 Å². The summed E-state index contributed by atoms with van der Waals surface area (Å²) < 4.78 is 1.92. The first-order valence-electron chi connectivity index (χ1n) is 13.1. The molecule has 180 valence electrons. The van der Waals surface area contributed by atoms with Crippen molar-refractivity contribution in [2.75, 3.05) is 6.61 Å². The lowest BCUT2D eigenvalue weighted by atomic mass is 9.44. The molecule has 1 aromatic rings. The molecule has 4 aliphatic carbocycles. The number of carbonyl (C=O) groups is 1. The molecule has 0 spiro atoms. The summed E-state index contributed by atoms with van der Waals surface area (Å²) in [5.74, 6) is 9.23. The third-order valence-corrected chi connectivity index (χ3v) is 10.6. The molecule has 0 bridgehead atoms. The number of Topliss-reactive ketones (excluding diaryl/α,β-unsaturated/α-hetero) is 1. The van der Waals surface area contributed by atoms with E-state index in [0.29, 0.717) is 42.4 Å². The number of nitrogens with zero attached hydrogens (tertiary/aromatic N) is 2. The molecule has 4 saturated carbocycles. The van der Waals surface area contributed by atoms with E-state index in [1.54, 1.807) is 12.5 Å². The highest BCUT2D eigenvalue weighted by molar-refractivity contribution is 5.82. The number of hydrogen-bond acceptors (Lipinski definition) is 4. The van der Waals surface area contributed by atoms with Crippen LogP contribution >= 0.6 is 0 Å².